The molecular weight excluding hydrogens is 345 g/mol. The second kappa shape index (κ2) is 9.16. The molecule has 0 bridgehead atoms. The summed E-state index contributed by atoms with van der Waals surface area (Å²) < 4.78 is 20.3. The third-order valence-electron chi connectivity index (χ3n) is 4.34. The lowest BCUT2D eigenvalue weighted by Crippen LogP contribution is -2.25. The number of nitrogens with one attached hydrogen (secondary N) is 1. The predicted octanol–water partition coefficient (Wildman–Crippen LogP) is 3.85. The zero-order chi connectivity index (χ0) is 19.1. The molecule has 3 aromatic rings. The zero-order valence-corrected chi connectivity index (χ0v) is 15.5. The Morgan fingerprint density at radius 2 is 1.93 bits per heavy atom. The Morgan fingerprint density at radius 3 is 2.74 bits per heavy atom. The number of hydrogen-bond donors (Lipinski definition) is 1. The average Bonchev–Trinajstić information content (AvgIpc) is 3.00. The van der Waals surface area contributed by atoms with Crippen molar-refractivity contribution in [1.29, 1.82) is 0 Å². The first-order valence-corrected chi connectivity index (χ1v) is 9.21. The van der Waals surface area contributed by atoms with Crippen LogP contribution in [0.3, 0.4) is 0 Å². The van der Waals surface area contributed by atoms with Crippen molar-refractivity contribution in [3.8, 4) is 5.75 Å². The number of ether oxygens (including phenoxy) is 1. The highest BCUT2D eigenvalue weighted by Crippen LogP contribution is 2.17. The maximum atomic E-state index is 12.8. The number of rotatable bonds is 9. The first-order chi connectivity index (χ1) is 13.1. The number of fused-ring (bicyclic) bond motifs is 1. The topological polar surface area (TPSA) is 56.2 Å². The van der Waals surface area contributed by atoms with Crippen molar-refractivity contribution in [2.75, 3.05) is 13.2 Å². The summed E-state index contributed by atoms with van der Waals surface area (Å²) in [6.45, 7) is 3.82. The first kappa shape index (κ1) is 18.9. The maximum Gasteiger partial charge on any atom is 0.220 e. The molecule has 0 unspecified atom stereocenters. The zero-order valence-electron chi connectivity index (χ0n) is 15.5. The van der Waals surface area contributed by atoms with E-state index in [1.807, 2.05) is 23.7 Å². The highest BCUT2D eigenvalue weighted by atomic mass is 19.1. The Hall–Kier alpha value is -2.89. The highest BCUT2D eigenvalue weighted by Gasteiger charge is 2.06. The third-order valence-corrected chi connectivity index (χ3v) is 4.34. The van der Waals surface area contributed by atoms with E-state index < -0.39 is 0 Å². The monoisotopic (exact) mass is 369 g/mol. The lowest BCUT2D eigenvalue weighted by molar-refractivity contribution is -0.121. The fourth-order valence-electron chi connectivity index (χ4n) is 2.96. The van der Waals surface area contributed by atoms with Crippen LogP contribution in [-0.4, -0.2) is 28.8 Å². The summed E-state index contributed by atoms with van der Waals surface area (Å²) in [6, 6.07) is 14.0. The summed E-state index contributed by atoms with van der Waals surface area (Å²) in [5, 5.41) is 8.66. The summed E-state index contributed by atoms with van der Waals surface area (Å²) in [5.74, 6) is 0.331. The van der Waals surface area contributed by atoms with E-state index in [1.165, 1.54) is 17.5 Å². The van der Waals surface area contributed by atoms with Gasteiger partial charge in [-0.25, -0.2) is 4.39 Å². The van der Waals surface area contributed by atoms with Gasteiger partial charge in [0.05, 0.1) is 17.8 Å². The summed E-state index contributed by atoms with van der Waals surface area (Å²) in [7, 11) is 0. The molecule has 142 valence electrons. The van der Waals surface area contributed by atoms with Crippen LogP contribution in [0.4, 0.5) is 4.39 Å². The number of benzene rings is 2. The minimum Gasteiger partial charge on any atom is -0.494 e. The lowest BCUT2D eigenvalue weighted by Gasteiger charge is -2.08. The molecule has 1 heterocycles. The SMILES string of the molecule is Cc1nn(CCCNC(=O)CCCOc2ccc(F)cc2)c2ccccc12. The van der Waals surface area contributed by atoms with Crippen LogP contribution in [0.2, 0.25) is 0 Å². The van der Waals surface area contributed by atoms with Gasteiger partial charge in [-0.05, 0) is 50.1 Å². The molecule has 6 heteroatoms. The average molecular weight is 369 g/mol. The molecule has 0 aliphatic carbocycles. The van der Waals surface area contributed by atoms with E-state index in [1.54, 1.807) is 12.1 Å². The molecule has 2 aromatic carbocycles. The van der Waals surface area contributed by atoms with Crippen LogP contribution < -0.4 is 10.1 Å². The van der Waals surface area contributed by atoms with Crippen LogP contribution in [0.1, 0.15) is 25.0 Å². The molecule has 3 rings (SSSR count). The number of halogens is 1. The number of amides is 1. The van der Waals surface area contributed by atoms with Crippen molar-refractivity contribution < 1.29 is 13.9 Å². The van der Waals surface area contributed by atoms with Crippen LogP contribution in [0, 0.1) is 12.7 Å². The summed E-state index contributed by atoms with van der Waals surface area (Å²) >= 11 is 0. The Balaban J connectivity index is 1.32. The van der Waals surface area contributed by atoms with Crippen LogP contribution in [0.15, 0.2) is 48.5 Å². The molecule has 0 radical (unpaired) electrons. The molecule has 27 heavy (non-hydrogen) atoms. The van der Waals surface area contributed by atoms with Crippen molar-refractivity contribution in [2.24, 2.45) is 0 Å². The van der Waals surface area contributed by atoms with Gasteiger partial charge in [-0.1, -0.05) is 18.2 Å². The van der Waals surface area contributed by atoms with Crippen LogP contribution >= 0.6 is 0 Å². The van der Waals surface area contributed by atoms with Crippen molar-refractivity contribution in [1.82, 2.24) is 15.1 Å². The van der Waals surface area contributed by atoms with Gasteiger partial charge in [0.1, 0.15) is 11.6 Å². The first-order valence-electron chi connectivity index (χ1n) is 9.21. The Labute approximate surface area is 158 Å². The van der Waals surface area contributed by atoms with Crippen LogP contribution in [0.25, 0.3) is 10.9 Å². The Morgan fingerprint density at radius 1 is 1.15 bits per heavy atom. The second-order valence-electron chi connectivity index (χ2n) is 6.44. The molecule has 0 fully saturated rings. The molecule has 1 amide bonds. The van der Waals surface area contributed by atoms with Gasteiger partial charge in [0, 0.05) is 24.9 Å². The largest absolute Gasteiger partial charge is 0.494 e. The van der Waals surface area contributed by atoms with Gasteiger partial charge >= 0.3 is 0 Å². The number of para-hydroxylation sites is 1. The van der Waals surface area contributed by atoms with E-state index in [2.05, 4.69) is 22.5 Å². The minimum absolute atomic E-state index is 0.0132. The molecule has 1 N–H and O–H groups in total. The number of nitrogens with zero attached hydrogens (tertiary/aromatic N) is 2. The Bertz CT molecular complexity index is 890. The van der Waals surface area contributed by atoms with Gasteiger partial charge in [-0.2, -0.15) is 5.10 Å². The minimum atomic E-state index is -0.292. The smallest absolute Gasteiger partial charge is 0.220 e. The molecule has 0 saturated heterocycles. The molecule has 0 aliphatic rings. The predicted molar refractivity (Wildman–Crippen MR) is 103 cm³/mol. The molecule has 0 aliphatic heterocycles. The van der Waals surface area contributed by atoms with Gasteiger partial charge in [-0.3, -0.25) is 9.48 Å². The number of aromatic nitrogens is 2. The van der Waals surface area contributed by atoms with Gasteiger partial charge < -0.3 is 10.1 Å². The van der Waals surface area contributed by atoms with Gasteiger partial charge in [0.2, 0.25) is 5.91 Å². The van der Waals surface area contributed by atoms with Crippen LogP contribution in [-0.2, 0) is 11.3 Å². The molecule has 1 aromatic heterocycles. The third kappa shape index (κ3) is 5.29. The number of carbonyl (C=O) groups excluding carboxylic acids is 1. The summed E-state index contributed by atoms with van der Waals surface area (Å²) in [5.41, 5.74) is 2.15. The van der Waals surface area contributed by atoms with E-state index >= 15 is 0 Å². The molecule has 5 nitrogen and oxygen atoms in total. The van der Waals surface area contributed by atoms with Gasteiger partial charge in [0.25, 0.3) is 0 Å². The van der Waals surface area contributed by atoms with E-state index in [-0.39, 0.29) is 11.7 Å². The van der Waals surface area contributed by atoms with E-state index in [0.717, 1.165) is 24.2 Å². The number of aryl methyl sites for hydroxylation is 2. The normalized spacial score (nSPS) is 10.9. The molecule has 0 saturated carbocycles. The van der Waals surface area contributed by atoms with Crippen molar-refractivity contribution in [3.63, 3.8) is 0 Å². The second-order valence-corrected chi connectivity index (χ2v) is 6.44. The fourth-order valence-corrected chi connectivity index (χ4v) is 2.96. The quantitative estimate of drug-likeness (QED) is 0.583. The van der Waals surface area contributed by atoms with Gasteiger partial charge in [0.15, 0.2) is 0 Å². The summed E-state index contributed by atoms with van der Waals surface area (Å²) in [4.78, 5) is 11.9. The standard InChI is InChI=1S/C21H24FN3O2/c1-16-19-6-2-3-7-20(19)25(24-16)14-5-13-23-21(26)8-4-15-27-18-11-9-17(22)10-12-18/h2-3,6-7,9-12H,4-5,8,13-15H2,1H3,(H,23,26). The molecule has 0 atom stereocenters. The van der Waals surface area contributed by atoms with E-state index in [9.17, 15) is 9.18 Å². The molecular formula is C21H24FN3O2. The van der Waals surface area contributed by atoms with Crippen LogP contribution in [0.5, 0.6) is 5.75 Å². The van der Waals surface area contributed by atoms with Gasteiger partial charge in [-0.15, -0.1) is 0 Å². The summed E-state index contributed by atoms with van der Waals surface area (Å²) in [6.07, 6.45) is 1.85. The number of hydrogen-bond acceptors (Lipinski definition) is 3. The lowest BCUT2D eigenvalue weighted by atomic mass is 10.2. The molecule has 0 spiro atoms. The van der Waals surface area contributed by atoms with Crippen molar-refractivity contribution >= 4 is 16.8 Å². The maximum absolute atomic E-state index is 12.8. The van der Waals surface area contributed by atoms with Crippen molar-refractivity contribution in [2.45, 2.75) is 32.7 Å². The van der Waals surface area contributed by atoms with E-state index in [0.29, 0.717) is 31.7 Å². The Kier molecular flexibility index (Phi) is 6.41. The van der Waals surface area contributed by atoms with E-state index in [4.69, 9.17) is 4.74 Å². The fraction of sp³-hybridized carbons (Fsp3) is 0.333. The van der Waals surface area contributed by atoms with Crippen molar-refractivity contribution in [3.05, 3.63) is 60.0 Å². The highest BCUT2D eigenvalue weighted by molar-refractivity contribution is 5.81. The number of carbonyl (C=O) groups is 1.